The molecule has 0 aliphatic heterocycles. The summed E-state index contributed by atoms with van der Waals surface area (Å²) in [6.45, 7) is 1.99. The number of carbonyl (C=O) groups excluding carboxylic acids is 1. The summed E-state index contributed by atoms with van der Waals surface area (Å²) in [5, 5.41) is 0. The topological polar surface area (TPSA) is 39.2 Å². The van der Waals surface area contributed by atoms with Gasteiger partial charge in [-0.25, -0.2) is 0 Å². The zero-order chi connectivity index (χ0) is 12.3. The Kier molecular flexibility index (Phi) is 3.19. The Hall–Kier alpha value is -2.16. The predicted octanol–water partition coefficient (Wildman–Crippen LogP) is 2.88. The Labute approximate surface area is 100 Å². The molecule has 1 aromatic heterocycles. The van der Waals surface area contributed by atoms with Crippen molar-refractivity contribution in [2.24, 2.45) is 0 Å². The first kappa shape index (κ1) is 11.3. The van der Waals surface area contributed by atoms with Gasteiger partial charge in [-0.15, -0.1) is 0 Å². The molecule has 0 radical (unpaired) electrons. The van der Waals surface area contributed by atoms with Crippen molar-refractivity contribution in [3.05, 3.63) is 47.7 Å². The van der Waals surface area contributed by atoms with Crippen LogP contribution in [-0.4, -0.2) is 18.4 Å². The van der Waals surface area contributed by atoms with Crippen molar-refractivity contribution in [2.75, 3.05) is 7.11 Å². The van der Waals surface area contributed by atoms with Crippen LogP contribution in [0, 0.1) is 6.92 Å². The summed E-state index contributed by atoms with van der Waals surface area (Å²) in [6.07, 6.45) is 2.48. The molecule has 3 heteroatoms. The summed E-state index contributed by atoms with van der Waals surface area (Å²) in [5.74, 6) is 0.729. The van der Waals surface area contributed by atoms with Crippen molar-refractivity contribution in [1.82, 2.24) is 4.98 Å². The Morgan fingerprint density at radius 2 is 2.12 bits per heavy atom. The molecule has 0 bridgehead atoms. The molecule has 2 rings (SSSR count). The van der Waals surface area contributed by atoms with Crippen LogP contribution in [0.5, 0.6) is 5.75 Å². The normalized spacial score (nSPS) is 10.0. The van der Waals surface area contributed by atoms with Crippen LogP contribution in [0.1, 0.15) is 15.9 Å². The summed E-state index contributed by atoms with van der Waals surface area (Å²) in [6, 6.07) is 9.31. The van der Waals surface area contributed by atoms with Gasteiger partial charge in [0.25, 0.3) is 0 Å². The quantitative estimate of drug-likeness (QED) is 0.757. The van der Waals surface area contributed by atoms with E-state index >= 15 is 0 Å². The summed E-state index contributed by atoms with van der Waals surface area (Å²) in [4.78, 5) is 15.2. The van der Waals surface area contributed by atoms with Crippen molar-refractivity contribution in [3.63, 3.8) is 0 Å². The first-order valence-electron chi connectivity index (χ1n) is 5.31. The second kappa shape index (κ2) is 4.78. The molecule has 0 spiro atoms. The van der Waals surface area contributed by atoms with E-state index < -0.39 is 0 Å². The van der Waals surface area contributed by atoms with Crippen molar-refractivity contribution in [1.29, 1.82) is 0 Å². The zero-order valence-electron chi connectivity index (χ0n) is 9.81. The molecule has 3 nitrogen and oxygen atoms in total. The van der Waals surface area contributed by atoms with Gasteiger partial charge in [0, 0.05) is 17.3 Å². The molecule has 0 atom stereocenters. The molecular formula is C14H13NO2. The lowest BCUT2D eigenvalue weighted by Gasteiger charge is -2.10. The molecule has 0 amide bonds. The van der Waals surface area contributed by atoms with Crippen LogP contribution in [0.3, 0.4) is 0 Å². The van der Waals surface area contributed by atoms with Crippen molar-refractivity contribution in [2.45, 2.75) is 6.92 Å². The minimum atomic E-state index is 0.564. The average Bonchev–Trinajstić information content (AvgIpc) is 2.38. The predicted molar refractivity (Wildman–Crippen MR) is 66.3 cm³/mol. The maximum atomic E-state index is 11.0. The Morgan fingerprint density at radius 3 is 2.82 bits per heavy atom. The highest BCUT2D eigenvalue weighted by atomic mass is 16.5. The lowest BCUT2D eigenvalue weighted by atomic mass is 10.0. The summed E-state index contributed by atoms with van der Waals surface area (Å²) in [5.41, 5.74) is 3.16. The van der Waals surface area contributed by atoms with Gasteiger partial charge in [0.1, 0.15) is 5.75 Å². The fourth-order valence-corrected chi connectivity index (χ4v) is 1.73. The van der Waals surface area contributed by atoms with E-state index in [-0.39, 0.29) is 0 Å². The van der Waals surface area contributed by atoms with Crippen LogP contribution in [-0.2, 0) is 0 Å². The van der Waals surface area contributed by atoms with Crippen LogP contribution in [0.4, 0.5) is 0 Å². The average molecular weight is 227 g/mol. The van der Waals surface area contributed by atoms with Gasteiger partial charge in [-0.3, -0.25) is 9.78 Å². The number of pyridine rings is 1. The van der Waals surface area contributed by atoms with Crippen LogP contribution in [0.15, 0.2) is 36.5 Å². The number of methoxy groups -OCH3 is 1. The minimum Gasteiger partial charge on any atom is -0.496 e. The Morgan fingerprint density at radius 1 is 1.29 bits per heavy atom. The number of benzene rings is 1. The fraction of sp³-hybridized carbons (Fsp3) is 0.143. The maximum Gasteiger partial charge on any atom is 0.152 e. The van der Waals surface area contributed by atoms with Crippen LogP contribution in [0.2, 0.25) is 0 Å². The zero-order valence-corrected chi connectivity index (χ0v) is 9.81. The van der Waals surface area contributed by atoms with E-state index in [2.05, 4.69) is 4.98 Å². The smallest absolute Gasteiger partial charge is 0.152 e. The van der Waals surface area contributed by atoms with Gasteiger partial charge in [0.05, 0.1) is 12.8 Å². The van der Waals surface area contributed by atoms with Crippen LogP contribution < -0.4 is 4.74 Å². The molecule has 0 saturated heterocycles. The van der Waals surface area contributed by atoms with Crippen molar-refractivity contribution >= 4 is 6.29 Å². The molecule has 2 aromatic rings. The van der Waals surface area contributed by atoms with Gasteiger partial charge < -0.3 is 4.74 Å². The number of ether oxygens (including phenoxy) is 1. The molecule has 0 unspecified atom stereocenters. The molecule has 1 heterocycles. The van der Waals surface area contributed by atoms with Crippen molar-refractivity contribution in [3.8, 4) is 17.0 Å². The molecular weight excluding hydrogens is 214 g/mol. The number of nitrogens with zero attached hydrogens (tertiary/aromatic N) is 1. The van der Waals surface area contributed by atoms with Gasteiger partial charge in [0.15, 0.2) is 6.29 Å². The first-order chi connectivity index (χ1) is 8.26. The van der Waals surface area contributed by atoms with Gasteiger partial charge in [-0.2, -0.15) is 0 Å². The number of aldehydes is 1. The number of aryl methyl sites for hydroxylation is 1. The van der Waals surface area contributed by atoms with E-state index in [9.17, 15) is 4.79 Å². The summed E-state index contributed by atoms with van der Waals surface area (Å²) in [7, 11) is 1.61. The van der Waals surface area contributed by atoms with Crippen molar-refractivity contribution < 1.29 is 9.53 Å². The Bertz CT molecular complexity index is 550. The van der Waals surface area contributed by atoms with E-state index in [1.165, 1.54) is 0 Å². The standard InChI is InChI=1S/C14H13NO2/c1-10-5-6-12(13(8-10)17-2)14-11(9-16)4-3-7-15-14/h3-9H,1-2H3. The highest BCUT2D eigenvalue weighted by molar-refractivity contribution is 5.87. The third-order valence-electron chi connectivity index (χ3n) is 2.58. The minimum absolute atomic E-state index is 0.564. The van der Waals surface area contributed by atoms with E-state index in [0.29, 0.717) is 11.3 Å². The maximum absolute atomic E-state index is 11.0. The highest BCUT2D eigenvalue weighted by Gasteiger charge is 2.10. The lowest BCUT2D eigenvalue weighted by molar-refractivity contribution is 0.112. The second-order valence-corrected chi connectivity index (χ2v) is 3.76. The van der Waals surface area contributed by atoms with Gasteiger partial charge >= 0.3 is 0 Å². The molecule has 0 aliphatic carbocycles. The number of rotatable bonds is 3. The second-order valence-electron chi connectivity index (χ2n) is 3.76. The monoisotopic (exact) mass is 227 g/mol. The molecule has 86 valence electrons. The molecule has 0 saturated carbocycles. The van der Waals surface area contributed by atoms with Crippen LogP contribution in [0.25, 0.3) is 11.3 Å². The van der Waals surface area contributed by atoms with Gasteiger partial charge in [-0.1, -0.05) is 6.07 Å². The van der Waals surface area contributed by atoms with E-state index in [1.807, 2.05) is 25.1 Å². The van der Waals surface area contributed by atoms with E-state index in [4.69, 9.17) is 4.74 Å². The van der Waals surface area contributed by atoms with Gasteiger partial charge in [0.2, 0.25) is 0 Å². The fourth-order valence-electron chi connectivity index (χ4n) is 1.73. The first-order valence-corrected chi connectivity index (χ1v) is 5.31. The highest BCUT2D eigenvalue weighted by Crippen LogP contribution is 2.30. The third kappa shape index (κ3) is 2.18. The summed E-state index contributed by atoms with van der Waals surface area (Å²) < 4.78 is 5.32. The molecule has 0 N–H and O–H groups in total. The molecule has 0 fully saturated rings. The number of carbonyl (C=O) groups is 1. The molecule has 17 heavy (non-hydrogen) atoms. The Balaban J connectivity index is 2.63. The number of hydrogen-bond donors (Lipinski definition) is 0. The van der Waals surface area contributed by atoms with Crippen LogP contribution >= 0.6 is 0 Å². The SMILES string of the molecule is COc1cc(C)ccc1-c1ncccc1C=O. The third-order valence-corrected chi connectivity index (χ3v) is 2.58. The van der Waals surface area contributed by atoms with Gasteiger partial charge in [-0.05, 0) is 36.8 Å². The molecule has 1 aromatic carbocycles. The van der Waals surface area contributed by atoms with E-state index in [1.54, 1.807) is 25.4 Å². The lowest BCUT2D eigenvalue weighted by Crippen LogP contribution is -1.94. The number of aromatic nitrogens is 1. The van der Waals surface area contributed by atoms with E-state index in [0.717, 1.165) is 23.2 Å². The number of hydrogen-bond acceptors (Lipinski definition) is 3. The summed E-state index contributed by atoms with van der Waals surface area (Å²) >= 11 is 0. The largest absolute Gasteiger partial charge is 0.496 e. The molecule has 0 aliphatic rings.